The molecule has 0 spiro atoms. The minimum absolute atomic E-state index is 0.0168. The third-order valence-corrected chi connectivity index (χ3v) is 13.9. The summed E-state index contributed by atoms with van der Waals surface area (Å²) in [6.45, 7) is 0.522. The smallest absolute Gasteiger partial charge is 0.312 e. The molecule has 4 aromatic carbocycles. The molecule has 480 valence electrons. The van der Waals surface area contributed by atoms with Gasteiger partial charge in [-0.15, -0.1) is 0 Å². The van der Waals surface area contributed by atoms with Gasteiger partial charge in [0.15, 0.2) is 35.1 Å². The summed E-state index contributed by atoms with van der Waals surface area (Å²) in [4.78, 5) is 141. The molecule has 4 aromatic rings. The van der Waals surface area contributed by atoms with E-state index in [4.69, 9.17) is 64.8 Å². The normalized spacial score (nSPS) is 12.1. The summed E-state index contributed by atoms with van der Waals surface area (Å²) in [5.41, 5.74) is 45.6. The van der Waals surface area contributed by atoms with Crippen molar-refractivity contribution in [2.45, 2.75) is 101 Å². The van der Waals surface area contributed by atoms with E-state index in [-0.39, 0.29) is 153 Å². The molecule has 0 fully saturated rings. The molecule has 89 heavy (non-hydrogen) atoms. The zero-order valence-electron chi connectivity index (χ0n) is 50.3. The first-order chi connectivity index (χ1) is 42.4. The van der Waals surface area contributed by atoms with Crippen molar-refractivity contribution in [2.75, 3.05) is 54.6 Å². The van der Waals surface area contributed by atoms with Crippen molar-refractivity contribution < 1.29 is 66.9 Å². The molecule has 4 atom stereocenters. The highest BCUT2D eigenvalue weighted by Crippen LogP contribution is 2.26. The van der Waals surface area contributed by atoms with Gasteiger partial charge in [-0.1, -0.05) is 24.3 Å². The number of carbonyl (C=O) groups is 10. The molecule has 0 saturated carbocycles. The molecule has 0 heterocycles. The lowest BCUT2D eigenvalue weighted by atomic mass is 9.96. The monoisotopic (exact) mass is 1240 g/mol. The summed E-state index contributed by atoms with van der Waals surface area (Å²) in [5, 5.41) is 13.2. The van der Waals surface area contributed by atoms with Gasteiger partial charge < -0.3 is 91.4 Å². The Morgan fingerprint density at radius 3 is 1.00 bits per heavy atom. The van der Waals surface area contributed by atoms with Crippen molar-refractivity contribution in [1.29, 1.82) is 0 Å². The van der Waals surface area contributed by atoms with Crippen LogP contribution in [0, 0.1) is 0 Å². The Labute approximate surface area is 514 Å². The fourth-order valence-corrected chi connectivity index (χ4v) is 9.36. The predicted molar refractivity (Wildman–Crippen MR) is 331 cm³/mol. The summed E-state index contributed by atoms with van der Waals surface area (Å²) >= 11 is 0. The first-order valence-electron chi connectivity index (χ1n) is 28.3. The number of amides is 8. The third-order valence-electron chi connectivity index (χ3n) is 13.9. The quantitative estimate of drug-likeness (QED) is 0.0159. The number of aliphatic imine (C=N–C) groups is 2. The number of Topliss-reactive ketones (excluding diaryl/α,β-unsaturated/α-hetero) is 4. The van der Waals surface area contributed by atoms with E-state index in [9.17, 15) is 47.9 Å². The Hall–Kier alpha value is -10.3. The predicted octanol–water partition coefficient (Wildman–Crippen LogP) is -0.00640. The van der Waals surface area contributed by atoms with Gasteiger partial charge in [-0.25, -0.2) is 9.59 Å². The average Bonchev–Trinajstić information content (AvgIpc) is 2.33. The molecule has 29 nitrogen and oxygen atoms in total. The Kier molecular flexibility index (Phi) is 28.8. The number of rotatable bonds is 39. The summed E-state index contributed by atoms with van der Waals surface area (Å²) in [6.07, 6.45) is 0.471. The summed E-state index contributed by atoms with van der Waals surface area (Å²) in [7, 11) is 5.36. The second-order valence-electron chi connectivity index (χ2n) is 20.5. The van der Waals surface area contributed by atoms with E-state index in [2.05, 4.69) is 36.6 Å². The van der Waals surface area contributed by atoms with E-state index >= 15 is 0 Å². The minimum atomic E-state index is -1.20. The molecule has 0 radical (unpaired) electrons. The van der Waals surface area contributed by atoms with E-state index < -0.39 is 77.2 Å². The standard InChI is InChI=1S/C60H81N15O14/c1-86-49-17-13-33(25-37(49)53(62)80)30-46(77)43(11-7-23-71-59(67)84)74-56(83)40-27-35(15-19-52(40)89-4)31-47(78)42(10-6-22-70-58(65)66)73-55(82)39-28-36(16-20-51(39)88-3)32-48(79)44(12-8-24-72-60(68)85)75-54(81)38-26-34(14-18-50(38)87-2)29-45(76)41(61)9-5-21-69-57(63)64/h13-20,25-28,41-44H,5-12,21-24,29-32,61H2,1-4H3,(H2,62,80)(H,73,82)(H,74,83)(H,75,81)(H4,63,64,69)(H4,65,66,70)(H3,67,71,84)(H3,68,72,85)/t41-,42-,43-,44-/m1/s1. The molecule has 29 heteroatoms. The molecule has 0 aromatic heterocycles. The molecular formula is C60H81N15O14. The van der Waals surface area contributed by atoms with Crippen LogP contribution in [-0.2, 0) is 44.9 Å². The maximum atomic E-state index is 14.4. The molecule has 0 aliphatic heterocycles. The van der Waals surface area contributed by atoms with E-state index in [0.717, 1.165) is 0 Å². The molecule has 0 saturated heterocycles. The Morgan fingerprint density at radius 2 is 0.697 bits per heavy atom. The number of nitrogens with two attached hydrogens (primary N) is 8. The van der Waals surface area contributed by atoms with Gasteiger partial charge in [0.2, 0.25) is 0 Å². The van der Waals surface area contributed by atoms with Crippen molar-refractivity contribution in [3.63, 3.8) is 0 Å². The van der Waals surface area contributed by atoms with Crippen LogP contribution in [-0.4, -0.2) is 150 Å². The van der Waals surface area contributed by atoms with Gasteiger partial charge in [-0.05, 0) is 122 Å². The number of nitrogens with one attached hydrogen (secondary N) is 5. The molecule has 0 unspecified atom stereocenters. The van der Waals surface area contributed by atoms with Crippen LogP contribution in [0.15, 0.2) is 82.8 Å². The highest BCUT2D eigenvalue weighted by molar-refractivity contribution is 6.04. The number of primary amides is 3. The first-order valence-corrected chi connectivity index (χ1v) is 28.3. The number of urea groups is 2. The average molecular weight is 1240 g/mol. The maximum Gasteiger partial charge on any atom is 0.312 e. The van der Waals surface area contributed by atoms with Gasteiger partial charge >= 0.3 is 12.1 Å². The lowest BCUT2D eigenvalue weighted by Crippen LogP contribution is -2.43. The van der Waals surface area contributed by atoms with Gasteiger partial charge in [-0.2, -0.15) is 0 Å². The van der Waals surface area contributed by atoms with E-state index in [1.807, 2.05) is 0 Å². The second kappa shape index (κ2) is 36.0. The number of benzene rings is 4. The first kappa shape index (κ1) is 71.2. The van der Waals surface area contributed by atoms with Crippen molar-refractivity contribution in [3.8, 4) is 23.0 Å². The lowest BCUT2D eigenvalue weighted by Gasteiger charge is -2.21. The van der Waals surface area contributed by atoms with Gasteiger partial charge in [0, 0.05) is 51.9 Å². The van der Waals surface area contributed by atoms with Crippen LogP contribution in [0.1, 0.15) is 115 Å². The highest BCUT2D eigenvalue weighted by Gasteiger charge is 2.29. The fraction of sp³-hybridized carbons (Fsp3) is 0.400. The van der Waals surface area contributed by atoms with Gasteiger partial charge in [0.25, 0.3) is 23.6 Å². The molecule has 0 aliphatic carbocycles. The minimum Gasteiger partial charge on any atom is -0.496 e. The zero-order chi connectivity index (χ0) is 65.7. The largest absolute Gasteiger partial charge is 0.496 e. The molecule has 0 bridgehead atoms. The van der Waals surface area contributed by atoms with Gasteiger partial charge in [-0.3, -0.25) is 48.3 Å². The summed E-state index contributed by atoms with van der Waals surface area (Å²) in [6, 6.07) is 12.0. The van der Waals surface area contributed by atoms with Gasteiger partial charge in [0.05, 0.1) is 74.9 Å². The van der Waals surface area contributed by atoms with Crippen molar-refractivity contribution in [3.05, 3.63) is 117 Å². The Bertz CT molecular complexity index is 3260. The van der Waals surface area contributed by atoms with E-state index in [1.165, 1.54) is 77.0 Å². The van der Waals surface area contributed by atoms with Crippen LogP contribution in [0.3, 0.4) is 0 Å². The van der Waals surface area contributed by atoms with Crippen LogP contribution >= 0.6 is 0 Å². The van der Waals surface area contributed by atoms with E-state index in [0.29, 0.717) is 35.1 Å². The van der Waals surface area contributed by atoms with Crippen LogP contribution in [0.2, 0.25) is 0 Å². The summed E-state index contributed by atoms with van der Waals surface area (Å²) in [5.74, 6) is -4.55. The van der Waals surface area contributed by atoms with Crippen LogP contribution < -0.4 is 91.4 Å². The number of methoxy groups -OCH3 is 4. The Balaban J connectivity index is 1.60. The van der Waals surface area contributed by atoms with Gasteiger partial charge in [0.1, 0.15) is 23.0 Å². The number of hydrogen-bond donors (Lipinski definition) is 13. The van der Waals surface area contributed by atoms with Crippen LogP contribution in [0.25, 0.3) is 0 Å². The van der Waals surface area contributed by atoms with Crippen molar-refractivity contribution in [1.82, 2.24) is 26.6 Å². The molecule has 21 N–H and O–H groups in total. The van der Waals surface area contributed by atoms with Crippen LogP contribution in [0.4, 0.5) is 9.59 Å². The van der Waals surface area contributed by atoms with Crippen molar-refractivity contribution >= 4 is 70.7 Å². The Morgan fingerprint density at radius 1 is 0.404 bits per heavy atom. The molecular weight excluding hydrogens is 1150 g/mol. The second-order valence-corrected chi connectivity index (χ2v) is 20.5. The maximum absolute atomic E-state index is 14.4. The molecule has 0 aliphatic rings. The van der Waals surface area contributed by atoms with Crippen molar-refractivity contribution in [2.24, 2.45) is 55.9 Å². The number of carbonyl (C=O) groups excluding carboxylic acids is 10. The number of guanidine groups is 2. The number of ketones is 4. The summed E-state index contributed by atoms with van der Waals surface area (Å²) < 4.78 is 21.8. The zero-order valence-corrected chi connectivity index (χ0v) is 50.3. The number of nitrogens with zero attached hydrogens (tertiary/aromatic N) is 2. The van der Waals surface area contributed by atoms with E-state index in [1.54, 1.807) is 24.3 Å². The SMILES string of the molecule is COc1ccc(CC(=O)[C@@H](CCCNC(N)=O)NC(=O)c2cc(CC(=O)[C@@H](CCCN=C(N)N)NC(=O)c3cc(CC(=O)[C@@H](CCCNC(N)=O)NC(=O)c4cc(CC(=O)[C@H](N)CCCN=C(N)N)ccc4OC)ccc3OC)ccc2OC)cc1C(N)=O. The third kappa shape index (κ3) is 23.5. The number of hydrogen-bond acceptors (Lipinski definition) is 17. The molecule has 4 rings (SSSR count). The fourth-order valence-electron chi connectivity index (χ4n) is 9.36. The molecule has 8 amide bonds. The number of ether oxygens (including phenoxy) is 4. The van der Waals surface area contributed by atoms with Crippen LogP contribution in [0.5, 0.6) is 23.0 Å². The highest BCUT2D eigenvalue weighted by atomic mass is 16.5. The topological polar surface area (TPSA) is 501 Å². The lowest BCUT2D eigenvalue weighted by molar-refractivity contribution is -0.121.